The number of rotatable bonds is 1. The first-order valence-corrected chi connectivity index (χ1v) is 4.65. The Kier molecular flexibility index (Phi) is 4.66. The summed E-state index contributed by atoms with van der Waals surface area (Å²) in [6.07, 6.45) is 0. The Hall–Kier alpha value is -1.63. The van der Waals surface area contributed by atoms with Gasteiger partial charge in [-0.1, -0.05) is 12.1 Å². The van der Waals surface area contributed by atoms with Crippen LogP contribution in [-0.4, -0.2) is 46.5 Å². The van der Waals surface area contributed by atoms with Gasteiger partial charge in [0.25, 0.3) is 0 Å². The van der Waals surface area contributed by atoms with E-state index < -0.39 is 11.9 Å². The number of carboxylic acids is 1. The fraction of sp³-hybridized carbons (Fsp3) is 0. The third-order valence-electron chi connectivity index (χ3n) is 2.07. The molecule has 88 valence electrons. The number of aliphatic carboxylic acids is 1. The van der Waals surface area contributed by atoms with Gasteiger partial charge < -0.3 is 9.52 Å². The fourth-order valence-corrected chi connectivity index (χ4v) is 1.33. The van der Waals surface area contributed by atoms with Gasteiger partial charge in [-0.05, 0) is 12.1 Å². The molecule has 0 aliphatic rings. The second kappa shape index (κ2) is 5.81. The predicted molar refractivity (Wildman–Crippen MR) is 65.9 cm³/mol. The molecule has 0 saturated heterocycles. The molecule has 2 N–H and O–H groups in total. The Morgan fingerprint density at radius 2 is 1.89 bits per heavy atom. The van der Waals surface area contributed by atoms with Gasteiger partial charge in [-0.15, -0.1) is 0 Å². The van der Waals surface area contributed by atoms with E-state index in [1.165, 1.54) is 0 Å². The third kappa shape index (κ3) is 2.98. The molecular formula is C11H8NNaO5. The van der Waals surface area contributed by atoms with Crippen LogP contribution in [0.25, 0.3) is 11.0 Å². The van der Waals surface area contributed by atoms with Gasteiger partial charge in [0.15, 0.2) is 5.43 Å². The zero-order valence-electron chi connectivity index (χ0n) is 8.47. The summed E-state index contributed by atoms with van der Waals surface area (Å²) in [5.41, 5.74) is -0.0757. The number of para-hydroxylation sites is 1. The number of carboxylic acid groups (broad SMARTS) is 1. The molecule has 1 aromatic carbocycles. The molecule has 18 heavy (non-hydrogen) atoms. The molecule has 1 amide bonds. The van der Waals surface area contributed by atoms with Crippen LogP contribution in [-0.2, 0) is 9.59 Å². The van der Waals surface area contributed by atoms with Crippen LogP contribution in [0.1, 0.15) is 0 Å². The van der Waals surface area contributed by atoms with E-state index in [1.54, 1.807) is 24.3 Å². The summed E-state index contributed by atoms with van der Waals surface area (Å²) in [7, 11) is 0. The number of hydrogen-bond donors (Lipinski definition) is 2. The second-order valence-electron chi connectivity index (χ2n) is 3.23. The molecular weight excluding hydrogens is 249 g/mol. The van der Waals surface area contributed by atoms with Crippen LogP contribution in [0.3, 0.4) is 0 Å². The minimum atomic E-state index is -1.65. The van der Waals surface area contributed by atoms with Crippen molar-refractivity contribution < 1.29 is 19.1 Å². The standard InChI is InChI=1S/C11H7NO5.Na.H/c13-7-5-9(12-10(14)11(15)16)17-8-4-2-1-3-6(7)8;;/h1-5H,(H,12,14)(H,15,16);;. The zero-order chi connectivity index (χ0) is 12.4. The van der Waals surface area contributed by atoms with E-state index in [9.17, 15) is 14.4 Å². The molecule has 0 unspecified atom stereocenters. The van der Waals surface area contributed by atoms with Crippen LogP contribution < -0.4 is 10.7 Å². The van der Waals surface area contributed by atoms with Crippen LogP contribution in [0.15, 0.2) is 39.5 Å². The Morgan fingerprint density at radius 3 is 2.56 bits per heavy atom. The molecule has 0 saturated carbocycles. The van der Waals surface area contributed by atoms with Gasteiger partial charge in [0, 0.05) is 6.07 Å². The molecule has 0 atom stereocenters. The Bertz CT molecular complexity index is 664. The van der Waals surface area contributed by atoms with E-state index in [4.69, 9.17) is 9.52 Å². The average molecular weight is 257 g/mol. The normalized spacial score (nSPS) is 9.56. The summed E-state index contributed by atoms with van der Waals surface area (Å²) in [6, 6.07) is 7.49. The molecule has 1 heterocycles. The molecule has 2 aromatic rings. The van der Waals surface area contributed by atoms with Crippen LogP contribution in [0.5, 0.6) is 0 Å². The Labute approximate surface area is 123 Å². The van der Waals surface area contributed by atoms with Crippen LogP contribution >= 0.6 is 0 Å². The SMILES string of the molecule is O=C(O)C(=O)Nc1cc(=O)c2ccccc2o1.[NaH]. The van der Waals surface area contributed by atoms with Gasteiger partial charge in [0.2, 0.25) is 5.88 Å². The molecule has 0 fully saturated rings. The van der Waals surface area contributed by atoms with Crippen LogP contribution in [0, 0.1) is 0 Å². The third-order valence-corrected chi connectivity index (χ3v) is 2.07. The summed E-state index contributed by atoms with van der Waals surface area (Å²) in [4.78, 5) is 32.8. The number of carbonyl (C=O) groups excluding carboxylic acids is 1. The summed E-state index contributed by atoms with van der Waals surface area (Å²) < 4.78 is 5.17. The van der Waals surface area contributed by atoms with E-state index in [0.29, 0.717) is 5.39 Å². The molecule has 0 spiro atoms. The van der Waals surface area contributed by atoms with E-state index in [0.717, 1.165) is 6.07 Å². The monoisotopic (exact) mass is 257 g/mol. The molecule has 1 aromatic heterocycles. The molecule has 6 nitrogen and oxygen atoms in total. The molecule has 2 rings (SSSR count). The van der Waals surface area contributed by atoms with E-state index in [-0.39, 0.29) is 46.5 Å². The molecule has 0 aliphatic heterocycles. The maximum absolute atomic E-state index is 11.6. The predicted octanol–water partition coefficient (Wildman–Crippen LogP) is 0.168. The number of hydrogen-bond acceptors (Lipinski definition) is 4. The number of fused-ring (bicyclic) bond motifs is 1. The van der Waals surface area contributed by atoms with Crippen molar-refractivity contribution in [2.75, 3.05) is 5.32 Å². The number of anilines is 1. The van der Waals surface area contributed by atoms with Crippen molar-refractivity contribution in [3.8, 4) is 0 Å². The summed E-state index contributed by atoms with van der Waals surface area (Å²) in [5, 5.41) is 10.7. The van der Waals surface area contributed by atoms with Crippen molar-refractivity contribution in [3.05, 3.63) is 40.6 Å². The van der Waals surface area contributed by atoms with Crippen molar-refractivity contribution in [2.24, 2.45) is 0 Å². The molecule has 0 radical (unpaired) electrons. The number of amides is 1. The van der Waals surface area contributed by atoms with Gasteiger partial charge in [-0.3, -0.25) is 14.9 Å². The maximum atomic E-state index is 11.6. The van der Waals surface area contributed by atoms with Gasteiger partial charge >= 0.3 is 41.4 Å². The van der Waals surface area contributed by atoms with Crippen molar-refractivity contribution in [1.29, 1.82) is 0 Å². The second-order valence-corrected chi connectivity index (χ2v) is 3.23. The van der Waals surface area contributed by atoms with Gasteiger partial charge in [-0.2, -0.15) is 0 Å². The van der Waals surface area contributed by atoms with Crippen molar-refractivity contribution in [1.82, 2.24) is 0 Å². The zero-order valence-corrected chi connectivity index (χ0v) is 8.47. The first kappa shape index (κ1) is 14.4. The Balaban J connectivity index is 0.00000162. The van der Waals surface area contributed by atoms with E-state index in [2.05, 4.69) is 0 Å². The van der Waals surface area contributed by atoms with Gasteiger partial charge in [0.1, 0.15) is 5.58 Å². The van der Waals surface area contributed by atoms with E-state index in [1.807, 2.05) is 5.32 Å². The molecule has 0 bridgehead atoms. The van der Waals surface area contributed by atoms with Crippen LogP contribution in [0.4, 0.5) is 5.88 Å². The number of benzene rings is 1. The van der Waals surface area contributed by atoms with Crippen molar-refractivity contribution in [2.45, 2.75) is 0 Å². The summed E-state index contributed by atoms with van der Waals surface area (Å²) in [5.74, 6) is -3.11. The van der Waals surface area contributed by atoms with E-state index >= 15 is 0 Å². The number of carbonyl (C=O) groups is 2. The fourth-order valence-electron chi connectivity index (χ4n) is 1.33. The molecule has 0 aliphatic carbocycles. The van der Waals surface area contributed by atoms with Crippen LogP contribution in [0.2, 0.25) is 0 Å². The van der Waals surface area contributed by atoms with Crippen molar-refractivity contribution in [3.63, 3.8) is 0 Å². The van der Waals surface area contributed by atoms with Crippen molar-refractivity contribution >= 4 is 58.3 Å². The van der Waals surface area contributed by atoms with Gasteiger partial charge in [0.05, 0.1) is 5.39 Å². The quantitative estimate of drug-likeness (QED) is 0.560. The number of nitrogens with one attached hydrogen (secondary N) is 1. The topological polar surface area (TPSA) is 96.6 Å². The first-order chi connectivity index (χ1) is 8.08. The molecule has 7 heteroatoms. The minimum absolute atomic E-state index is 0. The summed E-state index contributed by atoms with van der Waals surface area (Å²) in [6.45, 7) is 0. The van der Waals surface area contributed by atoms with Gasteiger partial charge in [-0.25, -0.2) is 4.79 Å². The first-order valence-electron chi connectivity index (χ1n) is 4.65. The average Bonchev–Trinajstić information content (AvgIpc) is 2.29. The Morgan fingerprint density at radius 1 is 1.22 bits per heavy atom. The summed E-state index contributed by atoms with van der Waals surface area (Å²) >= 11 is 0.